The molecule has 114 valence electrons. The van der Waals surface area contributed by atoms with Gasteiger partial charge in [-0.05, 0) is 20.6 Å². The van der Waals surface area contributed by atoms with E-state index in [2.05, 4.69) is 23.6 Å². The molecule has 1 aliphatic rings. The van der Waals surface area contributed by atoms with Crippen molar-refractivity contribution in [2.75, 3.05) is 40.4 Å². The smallest absolute Gasteiger partial charge is 0.163 e. The van der Waals surface area contributed by atoms with Crippen molar-refractivity contribution in [1.29, 1.82) is 0 Å². The zero-order chi connectivity index (χ0) is 14.8. The van der Waals surface area contributed by atoms with E-state index in [1.165, 1.54) is 0 Å². The third kappa shape index (κ3) is 2.82. The highest BCUT2D eigenvalue weighted by Crippen LogP contribution is 2.34. The largest absolute Gasteiger partial charge is 0.486 e. The number of rotatable bonds is 5. The maximum absolute atomic E-state index is 5.72. The predicted octanol–water partition coefficient (Wildman–Crippen LogP) is 0.870. The van der Waals surface area contributed by atoms with E-state index in [-0.39, 0.29) is 0 Å². The van der Waals surface area contributed by atoms with E-state index in [9.17, 15) is 0 Å². The molecule has 0 atom stereocenters. The van der Waals surface area contributed by atoms with Gasteiger partial charge in [-0.25, -0.2) is 4.98 Å². The van der Waals surface area contributed by atoms with Gasteiger partial charge in [0.05, 0.1) is 11.0 Å². The Labute approximate surface area is 124 Å². The first-order valence-electron chi connectivity index (χ1n) is 7.32. The van der Waals surface area contributed by atoms with Crippen molar-refractivity contribution in [3.8, 4) is 11.5 Å². The number of nitrogens with zero attached hydrogens (tertiary/aromatic N) is 3. The fraction of sp³-hybridized carbons (Fsp3) is 0.533. The van der Waals surface area contributed by atoms with Crippen LogP contribution >= 0.6 is 0 Å². The minimum Gasteiger partial charge on any atom is -0.486 e. The number of ether oxygens (including phenoxy) is 2. The Morgan fingerprint density at radius 2 is 1.95 bits per heavy atom. The summed E-state index contributed by atoms with van der Waals surface area (Å²) in [5.74, 6) is 2.61. The maximum Gasteiger partial charge on any atom is 0.163 e. The van der Waals surface area contributed by atoms with Crippen LogP contribution in [0.25, 0.3) is 11.0 Å². The number of hydrogen-bond donors (Lipinski definition) is 1. The Morgan fingerprint density at radius 3 is 2.62 bits per heavy atom. The van der Waals surface area contributed by atoms with Crippen LogP contribution in [0, 0.1) is 0 Å². The Balaban J connectivity index is 2.05. The van der Waals surface area contributed by atoms with Gasteiger partial charge in [-0.1, -0.05) is 0 Å². The summed E-state index contributed by atoms with van der Waals surface area (Å²) in [6, 6.07) is 4.00. The lowest BCUT2D eigenvalue weighted by molar-refractivity contribution is 0.172. The van der Waals surface area contributed by atoms with Gasteiger partial charge in [0.15, 0.2) is 11.5 Å². The molecule has 0 saturated carbocycles. The normalized spacial score (nSPS) is 14.1. The average Bonchev–Trinajstić information content (AvgIpc) is 2.79. The standard InChI is InChI=1S/C15H22N4O2/c1-18(2)5-6-19-12-10-14-13(20-7-8-21-14)9-11(12)17-15(19)3-4-16/h9-10H,3-8,16H2,1-2H3. The molecule has 6 heteroatoms. The van der Waals surface area contributed by atoms with Crippen LogP contribution in [0.2, 0.25) is 0 Å². The lowest BCUT2D eigenvalue weighted by Gasteiger charge is -2.18. The predicted molar refractivity (Wildman–Crippen MR) is 82.0 cm³/mol. The highest BCUT2D eigenvalue weighted by atomic mass is 16.6. The molecule has 6 nitrogen and oxygen atoms in total. The molecule has 0 saturated heterocycles. The van der Waals surface area contributed by atoms with E-state index in [0.29, 0.717) is 19.8 Å². The summed E-state index contributed by atoms with van der Waals surface area (Å²) in [5.41, 5.74) is 7.75. The highest BCUT2D eigenvalue weighted by molar-refractivity contribution is 5.80. The molecule has 0 spiro atoms. The SMILES string of the molecule is CN(C)CCn1c(CCN)nc2cc3c(cc21)OCCO3. The Morgan fingerprint density at radius 1 is 1.24 bits per heavy atom. The molecule has 2 heterocycles. The minimum atomic E-state index is 0.593. The first-order valence-corrected chi connectivity index (χ1v) is 7.32. The topological polar surface area (TPSA) is 65.5 Å². The monoisotopic (exact) mass is 290 g/mol. The number of hydrogen-bond acceptors (Lipinski definition) is 5. The summed E-state index contributed by atoms with van der Waals surface area (Å²) in [4.78, 5) is 6.88. The van der Waals surface area contributed by atoms with Crippen LogP contribution in [0.4, 0.5) is 0 Å². The second kappa shape index (κ2) is 5.91. The van der Waals surface area contributed by atoms with Crippen LogP contribution in [0.1, 0.15) is 5.82 Å². The Kier molecular flexibility index (Phi) is 3.98. The van der Waals surface area contributed by atoms with Gasteiger partial charge in [-0.2, -0.15) is 0 Å². The number of imidazole rings is 1. The summed E-state index contributed by atoms with van der Waals surface area (Å²) >= 11 is 0. The summed E-state index contributed by atoms with van der Waals surface area (Å²) in [6.45, 7) is 3.63. The van der Waals surface area contributed by atoms with E-state index >= 15 is 0 Å². The summed E-state index contributed by atoms with van der Waals surface area (Å²) < 4.78 is 13.5. The number of nitrogens with two attached hydrogens (primary N) is 1. The van der Waals surface area contributed by atoms with E-state index < -0.39 is 0 Å². The minimum absolute atomic E-state index is 0.593. The molecule has 0 fully saturated rings. The van der Waals surface area contributed by atoms with Crippen molar-refractivity contribution in [3.63, 3.8) is 0 Å². The van der Waals surface area contributed by atoms with E-state index in [1.807, 2.05) is 12.1 Å². The van der Waals surface area contributed by atoms with Gasteiger partial charge >= 0.3 is 0 Å². The van der Waals surface area contributed by atoms with Crippen molar-refractivity contribution in [2.45, 2.75) is 13.0 Å². The van der Waals surface area contributed by atoms with Gasteiger partial charge in [0.2, 0.25) is 0 Å². The lowest BCUT2D eigenvalue weighted by atomic mass is 10.2. The fourth-order valence-electron chi connectivity index (χ4n) is 2.58. The molecule has 21 heavy (non-hydrogen) atoms. The van der Waals surface area contributed by atoms with Crippen LogP contribution in [0.15, 0.2) is 12.1 Å². The molecular weight excluding hydrogens is 268 g/mol. The molecule has 1 aromatic heterocycles. The van der Waals surface area contributed by atoms with Crippen LogP contribution < -0.4 is 15.2 Å². The molecule has 2 N–H and O–H groups in total. The molecule has 1 aromatic carbocycles. The quantitative estimate of drug-likeness (QED) is 0.885. The maximum atomic E-state index is 5.72. The van der Waals surface area contributed by atoms with Crippen LogP contribution in [-0.4, -0.2) is 54.8 Å². The second-order valence-corrected chi connectivity index (χ2v) is 5.51. The van der Waals surface area contributed by atoms with Crippen LogP contribution in [0.5, 0.6) is 11.5 Å². The Hall–Kier alpha value is -1.79. The zero-order valence-corrected chi connectivity index (χ0v) is 12.6. The molecule has 2 aromatic rings. The lowest BCUT2D eigenvalue weighted by Crippen LogP contribution is -2.20. The first kappa shape index (κ1) is 14.2. The summed E-state index contributed by atoms with van der Waals surface area (Å²) in [6.07, 6.45) is 0.772. The van der Waals surface area contributed by atoms with Crippen LogP contribution in [-0.2, 0) is 13.0 Å². The van der Waals surface area contributed by atoms with Gasteiger partial charge in [-0.15, -0.1) is 0 Å². The molecule has 0 amide bonds. The molecule has 1 aliphatic heterocycles. The number of likely N-dealkylation sites (N-methyl/N-ethyl adjacent to an activating group) is 1. The number of aromatic nitrogens is 2. The number of benzene rings is 1. The van der Waals surface area contributed by atoms with E-state index in [4.69, 9.17) is 20.2 Å². The molecule has 0 unspecified atom stereocenters. The van der Waals surface area contributed by atoms with Crippen molar-refractivity contribution in [1.82, 2.24) is 14.5 Å². The average molecular weight is 290 g/mol. The fourth-order valence-corrected chi connectivity index (χ4v) is 2.58. The van der Waals surface area contributed by atoms with E-state index in [1.54, 1.807) is 0 Å². The van der Waals surface area contributed by atoms with Crippen molar-refractivity contribution < 1.29 is 9.47 Å². The van der Waals surface area contributed by atoms with E-state index in [0.717, 1.165) is 47.9 Å². The van der Waals surface area contributed by atoms with Gasteiger partial charge < -0.3 is 24.7 Å². The second-order valence-electron chi connectivity index (χ2n) is 5.51. The van der Waals surface area contributed by atoms with Gasteiger partial charge in [0, 0.05) is 31.6 Å². The van der Waals surface area contributed by atoms with Gasteiger partial charge in [0.25, 0.3) is 0 Å². The zero-order valence-electron chi connectivity index (χ0n) is 12.6. The first-order chi connectivity index (χ1) is 10.2. The molecule has 0 bridgehead atoms. The highest BCUT2D eigenvalue weighted by Gasteiger charge is 2.17. The van der Waals surface area contributed by atoms with Crippen molar-refractivity contribution in [3.05, 3.63) is 18.0 Å². The van der Waals surface area contributed by atoms with Crippen molar-refractivity contribution in [2.24, 2.45) is 5.73 Å². The third-order valence-electron chi connectivity index (χ3n) is 3.63. The summed E-state index contributed by atoms with van der Waals surface area (Å²) in [7, 11) is 4.14. The summed E-state index contributed by atoms with van der Waals surface area (Å²) in [5, 5.41) is 0. The Bertz CT molecular complexity index is 636. The molecule has 0 radical (unpaired) electrons. The van der Waals surface area contributed by atoms with Crippen LogP contribution in [0.3, 0.4) is 0 Å². The van der Waals surface area contributed by atoms with Gasteiger partial charge in [0.1, 0.15) is 19.0 Å². The molecule has 0 aliphatic carbocycles. The van der Waals surface area contributed by atoms with Crippen molar-refractivity contribution >= 4 is 11.0 Å². The van der Waals surface area contributed by atoms with Gasteiger partial charge in [-0.3, -0.25) is 0 Å². The molecular formula is C15H22N4O2. The number of fused-ring (bicyclic) bond motifs is 2. The molecule has 3 rings (SSSR count). The third-order valence-corrected chi connectivity index (χ3v) is 3.63.